The van der Waals surface area contributed by atoms with Crippen molar-refractivity contribution < 1.29 is 9.59 Å². The third kappa shape index (κ3) is 2.08. The molecule has 0 bridgehead atoms. The van der Waals surface area contributed by atoms with E-state index in [4.69, 9.17) is 0 Å². The van der Waals surface area contributed by atoms with Gasteiger partial charge < -0.3 is 0 Å². The van der Waals surface area contributed by atoms with Crippen LogP contribution < -0.4 is 0 Å². The van der Waals surface area contributed by atoms with Crippen LogP contribution in [0.2, 0.25) is 0 Å². The monoisotopic (exact) mass is 127 g/mol. The van der Waals surface area contributed by atoms with Gasteiger partial charge in [0.25, 0.3) is 5.91 Å². The molecule has 3 heteroatoms. The fourth-order valence-electron chi connectivity index (χ4n) is 0.292. The summed E-state index contributed by atoms with van der Waals surface area (Å²) in [5, 5.41) is 0. The Hall–Kier alpha value is -1.12. The highest BCUT2D eigenvalue weighted by Gasteiger charge is 2.06. The molecule has 0 aliphatic heterocycles. The minimum atomic E-state index is -0.373. The van der Waals surface area contributed by atoms with Crippen molar-refractivity contribution in [3.63, 3.8) is 0 Å². The summed E-state index contributed by atoms with van der Waals surface area (Å²) in [5.74, 6) is -0.651. The molecule has 0 saturated heterocycles. The standard InChI is InChI=1S/C6H9NO2/c1-4-6(9)7(3)5(2)8/h4H,1H2,2-3H3. The number of carbonyl (C=O) groups excluding carboxylic acids is 2. The molecule has 0 rings (SSSR count). The molecule has 0 aromatic carbocycles. The first-order valence-corrected chi connectivity index (χ1v) is 2.50. The average Bonchev–Trinajstić information content (AvgIpc) is 1.84. The summed E-state index contributed by atoms with van der Waals surface area (Å²) in [5.41, 5.74) is 0. The maximum absolute atomic E-state index is 10.5. The van der Waals surface area contributed by atoms with Crippen LogP contribution in [0.3, 0.4) is 0 Å². The van der Waals surface area contributed by atoms with E-state index in [1.165, 1.54) is 14.0 Å². The molecule has 0 aromatic rings. The molecule has 0 aromatic heterocycles. The number of hydrogen-bond donors (Lipinski definition) is 0. The van der Waals surface area contributed by atoms with Gasteiger partial charge in [-0.25, -0.2) is 0 Å². The van der Waals surface area contributed by atoms with Gasteiger partial charge in [0.05, 0.1) is 0 Å². The van der Waals surface area contributed by atoms with Gasteiger partial charge in [0.1, 0.15) is 0 Å². The predicted molar refractivity (Wildman–Crippen MR) is 33.6 cm³/mol. The lowest BCUT2D eigenvalue weighted by Gasteiger charge is -2.07. The summed E-state index contributed by atoms with van der Waals surface area (Å²) in [4.78, 5) is 21.9. The molecule has 0 saturated carbocycles. The van der Waals surface area contributed by atoms with Crippen LogP contribution in [0.25, 0.3) is 0 Å². The number of hydrogen-bond acceptors (Lipinski definition) is 2. The summed E-state index contributed by atoms with van der Waals surface area (Å²) in [7, 11) is 1.41. The van der Waals surface area contributed by atoms with E-state index in [0.717, 1.165) is 11.0 Å². The van der Waals surface area contributed by atoms with Gasteiger partial charge in [-0.3, -0.25) is 14.5 Å². The van der Waals surface area contributed by atoms with Gasteiger partial charge in [-0.2, -0.15) is 0 Å². The summed E-state index contributed by atoms with van der Waals surface area (Å²) in [6, 6.07) is 0. The van der Waals surface area contributed by atoms with Gasteiger partial charge in [-0.05, 0) is 6.08 Å². The highest BCUT2D eigenvalue weighted by atomic mass is 16.2. The normalized spacial score (nSPS) is 8.22. The number of likely N-dealkylation sites (N-methyl/N-ethyl adjacent to an activating group) is 1. The highest BCUT2D eigenvalue weighted by Crippen LogP contribution is 1.84. The van der Waals surface area contributed by atoms with Crippen LogP contribution in [0.4, 0.5) is 0 Å². The Morgan fingerprint density at radius 3 is 2.11 bits per heavy atom. The van der Waals surface area contributed by atoms with Gasteiger partial charge in [0, 0.05) is 14.0 Å². The van der Waals surface area contributed by atoms with E-state index in [-0.39, 0.29) is 11.8 Å². The van der Waals surface area contributed by atoms with E-state index >= 15 is 0 Å². The predicted octanol–water partition coefficient (Wildman–Crippen LogP) is 0.177. The second kappa shape index (κ2) is 3.02. The first-order chi connectivity index (χ1) is 4.09. The third-order valence-electron chi connectivity index (χ3n) is 0.978. The number of carbonyl (C=O) groups is 2. The molecule has 0 radical (unpaired) electrons. The van der Waals surface area contributed by atoms with E-state index in [0.29, 0.717) is 0 Å². The Morgan fingerprint density at radius 2 is 2.00 bits per heavy atom. The maximum Gasteiger partial charge on any atom is 0.252 e. The van der Waals surface area contributed by atoms with Gasteiger partial charge in [0.2, 0.25) is 5.91 Å². The molecule has 3 nitrogen and oxygen atoms in total. The molecule has 2 amide bonds. The summed E-state index contributed by atoms with van der Waals surface area (Å²) in [6.07, 6.45) is 1.10. The van der Waals surface area contributed by atoms with Crippen LogP contribution in [0.15, 0.2) is 12.7 Å². The lowest BCUT2D eigenvalue weighted by molar-refractivity contribution is -0.138. The van der Waals surface area contributed by atoms with E-state index < -0.39 is 0 Å². The topological polar surface area (TPSA) is 37.4 Å². The fourth-order valence-corrected chi connectivity index (χ4v) is 0.292. The lowest BCUT2D eigenvalue weighted by atomic mass is 10.5. The molecular formula is C6H9NO2. The van der Waals surface area contributed by atoms with Crippen LogP contribution in [0, 0.1) is 0 Å². The molecule has 50 valence electrons. The zero-order valence-corrected chi connectivity index (χ0v) is 5.55. The summed E-state index contributed by atoms with van der Waals surface area (Å²) in [6.45, 7) is 4.54. The van der Waals surface area contributed by atoms with Crippen molar-refractivity contribution in [2.24, 2.45) is 0 Å². The number of nitrogens with zero attached hydrogens (tertiary/aromatic N) is 1. The SMILES string of the molecule is C=CC(=O)N(C)C(C)=O. The minimum absolute atomic E-state index is 0.278. The molecule has 0 N–H and O–H groups in total. The molecule has 0 unspecified atom stereocenters. The summed E-state index contributed by atoms with van der Waals surface area (Å²) < 4.78 is 0. The van der Waals surface area contributed by atoms with E-state index in [9.17, 15) is 9.59 Å². The lowest BCUT2D eigenvalue weighted by Crippen LogP contribution is -2.29. The number of rotatable bonds is 1. The van der Waals surface area contributed by atoms with Crippen molar-refractivity contribution in [2.45, 2.75) is 6.92 Å². The fraction of sp³-hybridized carbons (Fsp3) is 0.333. The third-order valence-corrected chi connectivity index (χ3v) is 0.978. The Bertz CT molecular complexity index is 151. The summed E-state index contributed by atoms with van der Waals surface area (Å²) >= 11 is 0. The van der Waals surface area contributed by atoms with Crippen LogP contribution in [0.5, 0.6) is 0 Å². The Balaban J connectivity index is 4.03. The zero-order chi connectivity index (χ0) is 7.44. The Kier molecular flexibility index (Phi) is 2.64. The zero-order valence-electron chi connectivity index (χ0n) is 5.55. The molecular weight excluding hydrogens is 118 g/mol. The second-order valence-electron chi connectivity index (χ2n) is 1.62. The van der Waals surface area contributed by atoms with E-state index in [2.05, 4.69) is 6.58 Å². The molecule has 0 aliphatic carbocycles. The minimum Gasteiger partial charge on any atom is -0.282 e. The Morgan fingerprint density at radius 1 is 1.56 bits per heavy atom. The van der Waals surface area contributed by atoms with Crippen molar-refractivity contribution in [1.29, 1.82) is 0 Å². The first-order valence-electron chi connectivity index (χ1n) is 2.50. The Labute approximate surface area is 54.0 Å². The quantitative estimate of drug-likeness (QED) is 0.471. The molecule has 0 aliphatic rings. The van der Waals surface area contributed by atoms with Crippen LogP contribution in [0.1, 0.15) is 6.92 Å². The molecule has 9 heavy (non-hydrogen) atoms. The molecule has 0 spiro atoms. The van der Waals surface area contributed by atoms with Crippen LogP contribution in [-0.4, -0.2) is 23.8 Å². The van der Waals surface area contributed by atoms with Gasteiger partial charge >= 0.3 is 0 Å². The van der Waals surface area contributed by atoms with Gasteiger partial charge in [-0.1, -0.05) is 6.58 Å². The van der Waals surface area contributed by atoms with Crippen molar-refractivity contribution in [2.75, 3.05) is 7.05 Å². The van der Waals surface area contributed by atoms with E-state index in [1.807, 2.05) is 0 Å². The molecule has 0 heterocycles. The van der Waals surface area contributed by atoms with Gasteiger partial charge in [-0.15, -0.1) is 0 Å². The van der Waals surface area contributed by atoms with Gasteiger partial charge in [0.15, 0.2) is 0 Å². The smallest absolute Gasteiger partial charge is 0.252 e. The number of imide groups is 1. The first kappa shape index (κ1) is 7.88. The second-order valence-corrected chi connectivity index (χ2v) is 1.62. The van der Waals surface area contributed by atoms with Crippen molar-refractivity contribution in [1.82, 2.24) is 4.90 Å². The van der Waals surface area contributed by atoms with Crippen LogP contribution in [-0.2, 0) is 9.59 Å². The molecule has 0 fully saturated rings. The number of amides is 2. The maximum atomic E-state index is 10.5. The average molecular weight is 127 g/mol. The van der Waals surface area contributed by atoms with Crippen molar-refractivity contribution in [3.8, 4) is 0 Å². The largest absolute Gasteiger partial charge is 0.282 e. The van der Waals surface area contributed by atoms with Crippen molar-refractivity contribution in [3.05, 3.63) is 12.7 Å². The molecule has 0 atom stereocenters. The van der Waals surface area contributed by atoms with Crippen LogP contribution >= 0.6 is 0 Å². The van der Waals surface area contributed by atoms with E-state index in [1.54, 1.807) is 0 Å². The highest BCUT2D eigenvalue weighted by molar-refractivity contribution is 5.99. The van der Waals surface area contributed by atoms with Crippen molar-refractivity contribution >= 4 is 11.8 Å².